The number of nitrogens with one attached hydrogen (secondary N) is 2. The zero-order valence-electron chi connectivity index (χ0n) is 11.0. The third kappa shape index (κ3) is 5.57. The number of rotatable bonds is 6. The fourth-order valence-electron chi connectivity index (χ4n) is 1.46. The minimum absolute atomic E-state index is 0.0714. The predicted molar refractivity (Wildman–Crippen MR) is 84.6 cm³/mol. The van der Waals surface area contributed by atoms with Gasteiger partial charge in [-0.2, -0.15) is 0 Å². The normalized spacial score (nSPS) is 10.7. The maximum atomic E-state index is 11.6. The molecule has 0 aliphatic heterocycles. The predicted octanol–water partition coefficient (Wildman–Crippen LogP) is 2.55. The van der Waals surface area contributed by atoms with Crippen molar-refractivity contribution in [3.05, 3.63) is 51.0 Å². The van der Waals surface area contributed by atoms with Gasteiger partial charge < -0.3 is 15.1 Å². The van der Waals surface area contributed by atoms with E-state index in [-0.39, 0.29) is 18.4 Å². The molecule has 0 spiro atoms. The Hall–Kier alpha value is -1.86. The van der Waals surface area contributed by atoms with Crippen molar-refractivity contribution in [3.63, 3.8) is 0 Å². The first-order valence-corrected chi connectivity index (χ1v) is 7.75. The summed E-state index contributed by atoms with van der Waals surface area (Å²) in [5, 5.41) is 5.16. The lowest BCUT2D eigenvalue weighted by Gasteiger charge is -2.03. The van der Waals surface area contributed by atoms with Gasteiger partial charge in [0.05, 0.1) is 23.1 Å². The molecule has 5 nitrogen and oxygen atoms in total. The summed E-state index contributed by atoms with van der Waals surface area (Å²) in [7, 11) is 0. The SMILES string of the molecule is O=C(/C=C/c1ccc(Br)s1)NCC(=O)NCc1ccco1. The molecule has 0 aliphatic carbocycles. The lowest BCUT2D eigenvalue weighted by molar-refractivity contribution is -0.124. The Kier molecular flexibility index (Phi) is 5.77. The molecule has 110 valence electrons. The smallest absolute Gasteiger partial charge is 0.244 e. The molecule has 2 aromatic rings. The summed E-state index contributed by atoms with van der Waals surface area (Å²) in [6.45, 7) is 0.235. The van der Waals surface area contributed by atoms with Crippen molar-refractivity contribution >= 4 is 45.2 Å². The molecule has 2 rings (SSSR count). The molecule has 0 saturated heterocycles. The minimum atomic E-state index is -0.312. The van der Waals surface area contributed by atoms with Gasteiger partial charge in [-0.3, -0.25) is 9.59 Å². The second-order valence-electron chi connectivity index (χ2n) is 4.05. The van der Waals surface area contributed by atoms with E-state index in [9.17, 15) is 9.59 Å². The molecule has 2 amide bonds. The maximum Gasteiger partial charge on any atom is 0.244 e. The largest absolute Gasteiger partial charge is 0.467 e. The van der Waals surface area contributed by atoms with Gasteiger partial charge in [0.1, 0.15) is 5.76 Å². The van der Waals surface area contributed by atoms with Gasteiger partial charge >= 0.3 is 0 Å². The summed E-state index contributed by atoms with van der Waals surface area (Å²) in [4.78, 5) is 24.0. The monoisotopic (exact) mass is 368 g/mol. The Morgan fingerprint density at radius 1 is 1.29 bits per heavy atom. The lowest BCUT2D eigenvalue weighted by Crippen LogP contribution is -2.35. The molecule has 0 saturated carbocycles. The zero-order valence-corrected chi connectivity index (χ0v) is 13.4. The number of hydrogen-bond donors (Lipinski definition) is 2. The second kappa shape index (κ2) is 7.80. The molecular weight excluding hydrogens is 356 g/mol. The Morgan fingerprint density at radius 2 is 2.14 bits per heavy atom. The molecule has 0 fully saturated rings. The number of hydrogen-bond acceptors (Lipinski definition) is 4. The highest BCUT2D eigenvalue weighted by Gasteiger charge is 2.04. The van der Waals surface area contributed by atoms with Gasteiger partial charge in [0.2, 0.25) is 11.8 Å². The van der Waals surface area contributed by atoms with E-state index in [2.05, 4.69) is 26.6 Å². The third-order valence-corrected chi connectivity index (χ3v) is 4.04. The Labute approximate surface area is 134 Å². The highest BCUT2D eigenvalue weighted by atomic mass is 79.9. The van der Waals surface area contributed by atoms with Crippen molar-refractivity contribution in [1.29, 1.82) is 0 Å². The molecule has 2 heterocycles. The van der Waals surface area contributed by atoms with Crippen LogP contribution in [0.2, 0.25) is 0 Å². The third-order valence-electron chi connectivity index (χ3n) is 2.46. The Morgan fingerprint density at radius 3 is 2.81 bits per heavy atom. The summed E-state index contributed by atoms with van der Waals surface area (Å²) in [6, 6.07) is 7.32. The van der Waals surface area contributed by atoms with Crippen molar-refractivity contribution in [2.45, 2.75) is 6.54 Å². The van der Waals surface area contributed by atoms with Crippen LogP contribution in [0.4, 0.5) is 0 Å². The van der Waals surface area contributed by atoms with Crippen molar-refractivity contribution in [3.8, 4) is 0 Å². The molecule has 0 bridgehead atoms. The van der Waals surface area contributed by atoms with E-state index >= 15 is 0 Å². The Bertz CT molecular complexity index is 634. The number of halogens is 1. The first kappa shape index (κ1) is 15.5. The topological polar surface area (TPSA) is 71.3 Å². The van der Waals surface area contributed by atoms with Gasteiger partial charge in [-0.25, -0.2) is 0 Å². The van der Waals surface area contributed by atoms with Crippen LogP contribution < -0.4 is 10.6 Å². The van der Waals surface area contributed by atoms with E-state index in [4.69, 9.17) is 4.42 Å². The minimum Gasteiger partial charge on any atom is -0.467 e. The van der Waals surface area contributed by atoms with Crippen LogP contribution in [-0.4, -0.2) is 18.4 Å². The van der Waals surface area contributed by atoms with Crippen molar-refractivity contribution in [2.75, 3.05) is 6.54 Å². The summed E-state index contributed by atoms with van der Waals surface area (Å²) in [6.07, 6.45) is 4.64. The van der Waals surface area contributed by atoms with Gasteiger partial charge in [-0.05, 0) is 46.3 Å². The summed E-state index contributed by atoms with van der Waals surface area (Å²) in [5.41, 5.74) is 0. The molecule has 7 heteroatoms. The van der Waals surface area contributed by atoms with E-state index in [0.29, 0.717) is 12.3 Å². The first-order valence-electron chi connectivity index (χ1n) is 6.14. The van der Waals surface area contributed by atoms with Crippen LogP contribution in [0.3, 0.4) is 0 Å². The summed E-state index contributed by atoms with van der Waals surface area (Å²) < 4.78 is 6.08. The van der Waals surface area contributed by atoms with Crippen LogP contribution in [-0.2, 0) is 16.1 Å². The zero-order chi connectivity index (χ0) is 15.1. The van der Waals surface area contributed by atoms with Gasteiger partial charge in [0.15, 0.2) is 0 Å². The van der Waals surface area contributed by atoms with Crippen LogP contribution in [0.5, 0.6) is 0 Å². The molecule has 0 unspecified atom stereocenters. The summed E-state index contributed by atoms with van der Waals surface area (Å²) in [5.74, 6) is 0.0810. The van der Waals surface area contributed by atoms with E-state index in [1.54, 1.807) is 18.2 Å². The first-order chi connectivity index (χ1) is 10.1. The van der Waals surface area contributed by atoms with Crippen LogP contribution in [0, 0.1) is 0 Å². The van der Waals surface area contributed by atoms with Gasteiger partial charge in [0.25, 0.3) is 0 Å². The number of carbonyl (C=O) groups excluding carboxylic acids is 2. The van der Waals surface area contributed by atoms with E-state index in [1.165, 1.54) is 23.7 Å². The molecular formula is C14H13BrN2O3S. The number of furan rings is 1. The average Bonchev–Trinajstić information content (AvgIpc) is 3.12. The molecule has 0 aliphatic rings. The van der Waals surface area contributed by atoms with Gasteiger partial charge in [-0.1, -0.05) is 0 Å². The summed E-state index contributed by atoms with van der Waals surface area (Å²) >= 11 is 4.87. The number of thiophene rings is 1. The van der Waals surface area contributed by atoms with Crippen LogP contribution in [0.15, 0.2) is 44.8 Å². The fraction of sp³-hybridized carbons (Fsp3) is 0.143. The van der Waals surface area contributed by atoms with Gasteiger partial charge in [0, 0.05) is 11.0 Å². The van der Waals surface area contributed by atoms with E-state index < -0.39 is 0 Å². The lowest BCUT2D eigenvalue weighted by atomic mass is 10.4. The van der Waals surface area contributed by atoms with Crippen molar-refractivity contribution in [2.24, 2.45) is 0 Å². The number of amides is 2. The molecule has 0 radical (unpaired) electrons. The fourth-order valence-corrected chi connectivity index (χ4v) is 2.79. The molecule has 2 N–H and O–H groups in total. The van der Waals surface area contributed by atoms with Crippen molar-refractivity contribution in [1.82, 2.24) is 10.6 Å². The quantitative estimate of drug-likeness (QED) is 0.769. The van der Waals surface area contributed by atoms with E-state index in [1.807, 2.05) is 12.1 Å². The van der Waals surface area contributed by atoms with Crippen LogP contribution >= 0.6 is 27.3 Å². The van der Waals surface area contributed by atoms with Crippen molar-refractivity contribution < 1.29 is 14.0 Å². The molecule has 0 aromatic carbocycles. The van der Waals surface area contributed by atoms with Crippen LogP contribution in [0.1, 0.15) is 10.6 Å². The van der Waals surface area contributed by atoms with Gasteiger partial charge in [-0.15, -0.1) is 11.3 Å². The number of carbonyl (C=O) groups is 2. The van der Waals surface area contributed by atoms with Crippen LogP contribution in [0.25, 0.3) is 6.08 Å². The highest BCUT2D eigenvalue weighted by molar-refractivity contribution is 9.11. The second-order valence-corrected chi connectivity index (χ2v) is 6.54. The standard InChI is InChI=1S/C14H13BrN2O3S/c15-12-5-3-11(21-12)4-6-13(18)17-9-14(19)16-8-10-2-1-7-20-10/h1-7H,8-9H2,(H,16,19)(H,17,18)/b6-4+. The molecule has 2 aromatic heterocycles. The molecule has 0 atom stereocenters. The van der Waals surface area contributed by atoms with E-state index in [0.717, 1.165) is 8.66 Å². The molecule has 21 heavy (non-hydrogen) atoms. The Balaban J connectivity index is 1.68. The maximum absolute atomic E-state index is 11.6. The highest BCUT2D eigenvalue weighted by Crippen LogP contribution is 2.22. The average molecular weight is 369 g/mol.